The van der Waals surface area contributed by atoms with Crippen molar-refractivity contribution in [1.82, 2.24) is 5.32 Å². The third-order valence-electron chi connectivity index (χ3n) is 4.12. The topological polar surface area (TPSA) is 25.2 Å². The number of hydrogen-bond acceptors (Lipinski definition) is 2. The Labute approximate surface area is 157 Å². The largest absolute Gasteiger partial charge is 0.460 e. The summed E-state index contributed by atoms with van der Waals surface area (Å²) in [5.41, 5.74) is 2.12. The monoisotopic (exact) mass is 369 g/mol. The van der Waals surface area contributed by atoms with E-state index in [9.17, 15) is 0 Å². The maximum atomic E-state index is 6.18. The molecule has 134 valence electrons. The van der Waals surface area contributed by atoms with Crippen LogP contribution in [0.3, 0.4) is 0 Å². The van der Waals surface area contributed by atoms with E-state index < -0.39 is 0 Å². The molecule has 1 heterocycles. The predicted molar refractivity (Wildman–Crippen MR) is 106 cm³/mol. The lowest BCUT2D eigenvalue weighted by atomic mass is 10.1. The number of benzene rings is 1. The second-order valence-corrected chi connectivity index (χ2v) is 6.58. The van der Waals surface area contributed by atoms with Crippen LogP contribution in [0, 0.1) is 6.92 Å². The van der Waals surface area contributed by atoms with Gasteiger partial charge in [-0.05, 0) is 43.7 Å². The van der Waals surface area contributed by atoms with Gasteiger partial charge in [0.05, 0.1) is 6.54 Å². The average molecular weight is 370 g/mol. The van der Waals surface area contributed by atoms with E-state index in [0.29, 0.717) is 0 Å². The Bertz CT molecular complexity index is 595. The number of hydrogen-bond donors (Lipinski definition) is 1. The van der Waals surface area contributed by atoms with E-state index in [0.717, 1.165) is 40.8 Å². The Morgan fingerprint density at radius 3 is 2.50 bits per heavy atom. The molecule has 0 radical (unpaired) electrons. The smallest absolute Gasteiger partial charge is 0.134 e. The van der Waals surface area contributed by atoms with Crippen LogP contribution in [0.2, 0.25) is 5.02 Å². The van der Waals surface area contributed by atoms with Gasteiger partial charge in [-0.15, -0.1) is 12.4 Å². The number of furan rings is 1. The molecule has 0 spiro atoms. The third-order valence-corrected chi connectivity index (χ3v) is 4.53. The van der Waals surface area contributed by atoms with Crippen molar-refractivity contribution >= 4 is 24.0 Å². The van der Waals surface area contributed by atoms with Gasteiger partial charge in [-0.3, -0.25) is 0 Å². The zero-order valence-corrected chi connectivity index (χ0v) is 16.3. The fourth-order valence-electron chi connectivity index (χ4n) is 2.62. The highest BCUT2D eigenvalue weighted by atomic mass is 35.5. The Morgan fingerprint density at radius 2 is 1.75 bits per heavy atom. The molecule has 4 heteroatoms. The van der Waals surface area contributed by atoms with Gasteiger partial charge in [0.1, 0.15) is 11.5 Å². The first kappa shape index (κ1) is 21.1. The average Bonchev–Trinajstić information content (AvgIpc) is 3.01. The highest BCUT2D eigenvalue weighted by Gasteiger charge is 2.06. The van der Waals surface area contributed by atoms with Gasteiger partial charge >= 0.3 is 0 Å². The first-order valence-corrected chi connectivity index (χ1v) is 9.14. The van der Waals surface area contributed by atoms with Crippen molar-refractivity contribution in [2.75, 3.05) is 6.54 Å². The quantitative estimate of drug-likeness (QED) is 0.466. The standard InChI is InChI=1S/C20H28ClNO.ClH/c1-3-4-5-6-7-8-13-22-15-18-11-12-20(23-18)17-10-9-16(2)19(21)14-17;/h9-12,14,22H,3-8,13,15H2,1-2H3;1H. The zero-order chi connectivity index (χ0) is 16.5. The van der Waals surface area contributed by atoms with Gasteiger partial charge in [-0.25, -0.2) is 0 Å². The molecule has 1 N–H and O–H groups in total. The summed E-state index contributed by atoms with van der Waals surface area (Å²) in [7, 11) is 0. The first-order valence-electron chi connectivity index (χ1n) is 8.76. The fraction of sp³-hybridized carbons (Fsp3) is 0.500. The Morgan fingerprint density at radius 1 is 1.00 bits per heavy atom. The van der Waals surface area contributed by atoms with Crippen molar-refractivity contribution in [3.05, 3.63) is 46.7 Å². The molecule has 0 fully saturated rings. The van der Waals surface area contributed by atoms with E-state index in [1.54, 1.807) is 0 Å². The van der Waals surface area contributed by atoms with Crippen molar-refractivity contribution in [2.45, 2.75) is 58.9 Å². The molecule has 0 amide bonds. The van der Waals surface area contributed by atoms with Crippen LogP contribution in [0.4, 0.5) is 0 Å². The molecule has 0 aliphatic rings. The van der Waals surface area contributed by atoms with Crippen LogP contribution in [0.5, 0.6) is 0 Å². The molecule has 0 saturated carbocycles. The lowest BCUT2D eigenvalue weighted by molar-refractivity contribution is 0.485. The lowest BCUT2D eigenvalue weighted by Crippen LogP contribution is -2.14. The van der Waals surface area contributed by atoms with E-state index in [2.05, 4.69) is 12.2 Å². The summed E-state index contributed by atoms with van der Waals surface area (Å²) in [5.74, 6) is 1.85. The summed E-state index contributed by atoms with van der Waals surface area (Å²) in [6, 6.07) is 10.1. The minimum atomic E-state index is 0. The zero-order valence-electron chi connectivity index (χ0n) is 14.7. The van der Waals surface area contributed by atoms with Crippen LogP contribution in [-0.4, -0.2) is 6.54 Å². The third kappa shape index (κ3) is 6.88. The SMILES string of the molecule is CCCCCCCCNCc1ccc(-c2ccc(C)c(Cl)c2)o1.Cl. The van der Waals surface area contributed by atoms with Crippen LogP contribution in [0.25, 0.3) is 11.3 Å². The van der Waals surface area contributed by atoms with Crippen LogP contribution < -0.4 is 5.32 Å². The van der Waals surface area contributed by atoms with Gasteiger partial charge in [0.25, 0.3) is 0 Å². The molecule has 0 aliphatic carbocycles. The van der Waals surface area contributed by atoms with Crippen LogP contribution in [-0.2, 0) is 6.54 Å². The Kier molecular flexibility index (Phi) is 10.2. The number of unbranched alkanes of at least 4 members (excludes halogenated alkanes) is 5. The summed E-state index contributed by atoms with van der Waals surface area (Å²) < 4.78 is 5.90. The Hall–Kier alpha value is -0.960. The van der Waals surface area contributed by atoms with E-state index in [1.807, 2.05) is 37.3 Å². The maximum absolute atomic E-state index is 6.18. The molecule has 2 rings (SSSR count). The molecule has 2 nitrogen and oxygen atoms in total. The maximum Gasteiger partial charge on any atom is 0.134 e. The van der Waals surface area contributed by atoms with Crippen molar-refractivity contribution < 1.29 is 4.42 Å². The molecule has 1 aromatic heterocycles. The van der Waals surface area contributed by atoms with E-state index in [1.165, 1.54) is 38.5 Å². The van der Waals surface area contributed by atoms with Gasteiger partial charge in [0.15, 0.2) is 0 Å². The van der Waals surface area contributed by atoms with Gasteiger partial charge in [-0.1, -0.05) is 62.8 Å². The summed E-state index contributed by atoms with van der Waals surface area (Å²) >= 11 is 6.18. The molecular weight excluding hydrogens is 341 g/mol. The predicted octanol–water partition coefficient (Wildman–Crippen LogP) is 6.78. The Balaban J connectivity index is 0.00000288. The van der Waals surface area contributed by atoms with Crippen LogP contribution >= 0.6 is 24.0 Å². The van der Waals surface area contributed by atoms with Gasteiger partial charge in [0.2, 0.25) is 0 Å². The highest BCUT2D eigenvalue weighted by Crippen LogP contribution is 2.26. The normalized spacial score (nSPS) is 10.6. The number of nitrogens with one attached hydrogen (secondary N) is 1. The van der Waals surface area contributed by atoms with E-state index in [4.69, 9.17) is 16.0 Å². The highest BCUT2D eigenvalue weighted by molar-refractivity contribution is 6.31. The molecule has 2 aromatic rings. The molecule has 0 bridgehead atoms. The number of aryl methyl sites for hydroxylation is 1. The van der Waals surface area contributed by atoms with Gasteiger partial charge < -0.3 is 9.73 Å². The molecular formula is C20H29Cl2NO. The first-order chi connectivity index (χ1) is 11.2. The summed E-state index contributed by atoms with van der Waals surface area (Å²) in [6.45, 7) is 6.10. The van der Waals surface area contributed by atoms with Gasteiger partial charge in [0, 0.05) is 10.6 Å². The van der Waals surface area contributed by atoms with Crippen LogP contribution in [0.15, 0.2) is 34.7 Å². The molecule has 0 saturated heterocycles. The number of rotatable bonds is 10. The summed E-state index contributed by atoms with van der Waals surface area (Å²) in [5, 5.41) is 4.24. The van der Waals surface area contributed by atoms with Crippen molar-refractivity contribution in [1.29, 1.82) is 0 Å². The number of halogens is 2. The van der Waals surface area contributed by atoms with Gasteiger partial charge in [-0.2, -0.15) is 0 Å². The minimum Gasteiger partial charge on any atom is -0.460 e. The molecule has 0 unspecified atom stereocenters. The van der Waals surface area contributed by atoms with Crippen LogP contribution in [0.1, 0.15) is 56.8 Å². The molecule has 0 atom stereocenters. The van der Waals surface area contributed by atoms with E-state index >= 15 is 0 Å². The second-order valence-electron chi connectivity index (χ2n) is 6.17. The van der Waals surface area contributed by atoms with E-state index in [-0.39, 0.29) is 12.4 Å². The minimum absolute atomic E-state index is 0. The van der Waals surface area contributed by atoms with Crippen molar-refractivity contribution in [2.24, 2.45) is 0 Å². The molecule has 0 aliphatic heterocycles. The van der Waals surface area contributed by atoms with Crippen molar-refractivity contribution in [3.8, 4) is 11.3 Å². The lowest BCUT2D eigenvalue weighted by Gasteiger charge is -2.04. The fourth-order valence-corrected chi connectivity index (χ4v) is 2.80. The molecule has 24 heavy (non-hydrogen) atoms. The summed E-state index contributed by atoms with van der Waals surface area (Å²) in [6.07, 6.45) is 7.96. The second kappa shape index (κ2) is 11.6. The van der Waals surface area contributed by atoms with Crippen molar-refractivity contribution in [3.63, 3.8) is 0 Å². The molecule has 1 aromatic carbocycles. The summed E-state index contributed by atoms with van der Waals surface area (Å²) in [4.78, 5) is 0.